The predicted molar refractivity (Wildman–Crippen MR) is 66.1 cm³/mol. The lowest BCUT2D eigenvalue weighted by Gasteiger charge is -2.35. The molecular weight excluding hydrogens is 228 g/mol. The van der Waals surface area contributed by atoms with E-state index in [1.165, 1.54) is 0 Å². The Morgan fingerprint density at radius 2 is 2.33 bits per heavy atom. The van der Waals surface area contributed by atoms with Crippen molar-refractivity contribution in [2.75, 3.05) is 6.61 Å². The first-order valence-electron chi connectivity index (χ1n) is 5.29. The average molecular weight is 244 g/mol. The molecule has 0 aromatic rings. The second-order valence-corrected chi connectivity index (χ2v) is 6.30. The zero-order valence-electron chi connectivity index (χ0n) is 9.08. The molecule has 2 atom stereocenters. The second-order valence-electron chi connectivity index (χ2n) is 5.22. The molecule has 0 heterocycles. The Morgan fingerprint density at radius 3 is 2.73 bits per heavy atom. The van der Waals surface area contributed by atoms with Crippen LogP contribution in [0.5, 0.6) is 0 Å². The molecule has 0 aromatic heterocycles. The van der Waals surface area contributed by atoms with E-state index in [-0.39, 0.29) is 15.2 Å². The highest BCUT2D eigenvalue weighted by molar-refractivity contribution is 8.10. The Balaban J connectivity index is 2.24. The number of carbonyl (C=O) groups is 1. The van der Waals surface area contributed by atoms with E-state index < -0.39 is 0 Å². The van der Waals surface area contributed by atoms with Gasteiger partial charge in [0.1, 0.15) is 12.4 Å². The Kier molecular flexibility index (Phi) is 2.62. The largest absolute Gasteiger partial charge is 0.478 e. The minimum absolute atomic E-state index is 0.0582. The molecule has 2 fully saturated rings. The van der Waals surface area contributed by atoms with E-state index in [4.69, 9.17) is 17.0 Å². The van der Waals surface area contributed by atoms with Crippen LogP contribution in [0, 0.1) is 16.7 Å². The quantitative estimate of drug-likeness (QED) is 0.597. The molecule has 2 nitrogen and oxygen atoms in total. The zero-order valence-corrected chi connectivity index (χ0v) is 10.8. The van der Waals surface area contributed by atoms with Crippen LogP contribution in [-0.2, 0) is 9.53 Å². The number of thiol groups is 1. The topological polar surface area (TPSA) is 26.3 Å². The van der Waals surface area contributed by atoms with Crippen LogP contribution in [0.3, 0.4) is 0 Å². The molecule has 0 aromatic carbocycles. The van der Waals surface area contributed by atoms with E-state index in [2.05, 4.69) is 26.5 Å². The maximum Gasteiger partial charge on any atom is 0.216 e. The van der Waals surface area contributed by atoms with Crippen LogP contribution in [-0.4, -0.2) is 16.8 Å². The van der Waals surface area contributed by atoms with Gasteiger partial charge in [0.2, 0.25) is 4.38 Å². The van der Waals surface area contributed by atoms with Crippen molar-refractivity contribution in [1.82, 2.24) is 0 Å². The third kappa shape index (κ3) is 1.45. The summed E-state index contributed by atoms with van der Waals surface area (Å²) in [6.45, 7) is 4.78. The maximum absolute atomic E-state index is 12.0. The summed E-state index contributed by atoms with van der Waals surface area (Å²) >= 11 is 8.73. The summed E-state index contributed by atoms with van der Waals surface area (Å²) in [5, 5.41) is 0. The number of hydrogen-bond acceptors (Lipinski definition) is 3. The molecule has 2 bridgehead atoms. The summed E-state index contributed by atoms with van der Waals surface area (Å²) in [6, 6.07) is 0. The summed E-state index contributed by atoms with van der Waals surface area (Å²) in [5.74, 6) is 0.885. The van der Waals surface area contributed by atoms with Crippen molar-refractivity contribution in [2.24, 2.45) is 16.7 Å². The molecule has 2 unspecified atom stereocenters. The van der Waals surface area contributed by atoms with Gasteiger partial charge in [-0.1, -0.05) is 26.5 Å². The minimum atomic E-state index is -0.301. The highest BCUT2D eigenvalue weighted by Crippen LogP contribution is 2.63. The summed E-state index contributed by atoms with van der Waals surface area (Å²) in [7, 11) is 0. The number of hydrogen-bond donors (Lipinski definition) is 1. The number of Topliss-reactive ketones (excluding diaryl/α,β-unsaturated/α-hetero) is 1. The van der Waals surface area contributed by atoms with Gasteiger partial charge in [0.25, 0.3) is 0 Å². The van der Waals surface area contributed by atoms with Crippen molar-refractivity contribution in [1.29, 1.82) is 0 Å². The summed E-state index contributed by atoms with van der Waals surface area (Å²) in [6.07, 6.45) is 2.80. The fourth-order valence-electron chi connectivity index (χ4n) is 3.29. The molecular formula is C11H16O2S2. The molecule has 4 heteroatoms. The number of fused-ring (bicyclic) bond motifs is 2. The Hall–Kier alpha value is -0.0900. The van der Waals surface area contributed by atoms with Crippen LogP contribution in [0.4, 0.5) is 0 Å². The first kappa shape index (κ1) is 11.4. The molecule has 0 saturated heterocycles. The van der Waals surface area contributed by atoms with Gasteiger partial charge in [-0.15, -0.1) is 0 Å². The zero-order chi connectivity index (χ0) is 11.3. The molecule has 15 heavy (non-hydrogen) atoms. The minimum Gasteiger partial charge on any atom is -0.478 e. The normalized spacial score (nSPS) is 37.0. The van der Waals surface area contributed by atoms with Crippen LogP contribution in [0.1, 0.15) is 33.1 Å². The SMILES string of the molecule is CC1(C)C2CCC1(COC(=S)S)C(=O)C2. The van der Waals surface area contributed by atoms with Crippen molar-refractivity contribution < 1.29 is 9.53 Å². The first-order valence-corrected chi connectivity index (χ1v) is 6.15. The first-order chi connectivity index (χ1) is 6.90. The Bertz CT molecular complexity index is 325. The molecule has 0 N–H and O–H groups in total. The van der Waals surface area contributed by atoms with E-state index in [1.807, 2.05) is 0 Å². The van der Waals surface area contributed by atoms with Gasteiger partial charge in [-0.3, -0.25) is 4.79 Å². The van der Waals surface area contributed by atoms with Crippen molar-refractivity contribution in [3.05, 3.63) is 0 Å². The number of rotatable bonds is 2. The molecule has 0 aliphatic heterocycles. The molecule has 84 valence electrons. The Labute approximate surface area is 101 Å². The van der Waals surface area contributed by atoms with E-state index in [0.717, 1.165) is 19.3 Å². The van der Waals surface area contributed by atoms with Crippen LogP contribution in [0.2, 0.25) is 0 Å². The predicted octanol–water partition coefficient (Wildman–Crippen LogP) is 2.61. The van der Waals surface area contributed by atoms with Gasteiger partial charge in [0, 0.05) is 6.42 Å². The van der Waals surface area contributed by atoms with Gasteiger partial charge < -0.3 is 4.74 Å². The van der Waals surface area contributed by atoms with Crippen LogP contribution < -0.4 is 0 Å². The number of carbonyl (C=O) groups excluding carboxylic acids is 1. The number of thiocarbonyl (C=S) groups is 1. The van der Waals surface area contributed by atoms with Crippen molar-refractivity contribution in [3.63, 3.8) is 0 Å². The van der Waals surface area contributed by atoms with Crippen LogP contribution in [0.15, 0.2) is 0 Å². The smallest absolute Gasteiger partial charge is 0.216 e. The number of ether oxygens (including phenoxy) is 1. The lowest BCUT2D eigenvalue weighted by atomic mass is 9.69. The summed E-state index contributed by atoms with van der Waals surface area (Å²) in [5.41, 5.74) is -0.243. The van der Waals surface area contributed by atoms with E-state index >= 15 is 0 Å². The number of ketones is 1. The fourth-order valence-corrected chi connectivity index (χ4v) is 3.42. The van der Waals surface area contributed by atoms with Crippen molar-refractivity contribution in [2.45, 2.75) is 33.1 Å². The van der Waals surface area contributed by atoms with E-state index in [9.17, 15) is 4.79 Å². The molecule has 2 aliphatic rings. The molecule has 0 spiro atoms. The third-order valence-electron chi connectivity index (χ3n) is 4.58. The van der Waals surface area contributed by atoms with E-state index in [1.54, 1.807) is 0 Å². The molecule has 2 aliphatic carbocycles. The van der Waals surface area contributed by atoms with Crippen LogP contribution >= 0.6 is 24.8 Å². The molecule has 0 amide bonds. The molecule has 2 rings (SSSR count). The highest BCUT2D eigenvalue weighted by atomic mass is 32.1. The average Bonchev–Trinajstić information content (AvgIpc) is 2.47. The lowest BCUT2D eigenvalue weighted by molar-refractivity contribution is -0.131. The highest BCUT2D eigenvalue weighted by Gasteiger charge is 2.64. The third-order valence-corrected chi connectivity index (χ3v) is 4.83. The van der Waals surface area contributed by atoms with Crippen molar-refractivity contribution >= 4 is 35.0 Å². The monoisotopic (exact) mass is 244 g/mol. The standard InChI is InChI=1S/C11H16O2S2/c1-10(2)7-3-4-11(10,8(12)5-7)6-13-9(14)15/h7H,3-6H2,1-2H3,(H,14,15). The second kappa shape index (κ2) is 3.45. The summed E-state index contributed by atoms with van der Waals surface area (Å²) in [4.78, 5) is 12.0. The van der Waals surface area contributed by atoms with Gasteiger partial charge in [-0.05, 0) is 36.4 Å². The molecule has 0 radical (unpaired) electrons. The summed E-state index contributed by atoms with van der Waals surface area (Å²) < 4.78 is 5.57. The lowest BCUT2D eigenvalue weighted by Crippen LogP contribution is -2.40. The van der Waals surface area contributed by atoms with Gasteiger partial charge in [0.15, 0.2) is 0 Å². The fraction of sp³-hybridized carbons (Fsp3) is 0.818. The van der Waals surface area contributed by atoms with Gasteiger partial charge in [-0.25, -0.2) is 0 Å². The Morgan fingerprint density at radius 1 is 1.67 bits per heavy atom. The van der Waals surface area contributed by atoms with Gasteiger partial charge in [0.05, 0.1) is 5.41 Å². The van der Waals surface area contributed by atoms with Crippen molar-refractivity contribution in [3.8, 4) is 0 Å². The maximum atomic E-state index is 12.0. The molecule has 2 saturated carbocycles. The van der Waals surface area contributed by atoms with Crippen LogP contribution in [0.25, 0.3) is 0 Å². The van der Waals surface area contributed by atoms with E-state index in [0.29, 0.717) is 18.3 Å². The van der Waals surface area contributed by atoms with Gasteiger partial charge >= 0.3 is 0 Å². The van der Waals surface area contributed by atoms with Gasteiger partial charge in [-0.2, -0.15) is 0 Å².